The fourth-order valence-electron chi connectivity index (χ4n) is 3.48. The summed E-state index contributed by atoms with van der Waals surface area (Å²) >= 11 is 0. The van der Waals surface area contributed by atoms with Crippen LogP contribution in [0, 0.1) is 0 Å². The summed E-state index contributed by atoms with van der Waals surface area (Å²) in [6.45, 7) is 3.97. The number of carbonyl (C=O) groups is 1. The molecule has 29 heavy (non-hydrogen) atoms. The lowest BCUT2D eigenvalue weighted by molar-refractivity contribution is 0.122. The Hall–Kier alpha value is -3.07. The van der Waals surface area contributed by atoms with Gasteiger partial charge in [0.2, 0.25) is 5.95 Å². The summed E-state index contributed by atoms with van der Waals surface area (Å²) in [5.41, 5.74) is 2.58. The molecule has 1 saturated heterocycles. The van der Waals surface area contributed by atoms with Gasteiger partial charge in [-0.05, 0) is 24.1 Å². The van der Waals surface area contributed by atoms with Gasteiger partial charge in [-0.1, -0.05) is 0 Å². The van der Waals surface area contributed by atoms with Crippen LogP contribution < -0.4 is 19.7 Å². The maximum absolute atomic E-state index is 12.8. The maximum atomic E-state index is 12.8. The van der Waals surface area contributed by atoms with Crippen molar-refractivity contribution < 1.29 is 19.0 Å². The standard InChI is InChI=1S/C20H25N5O4/c1-27-15-3-4-16(18(11-15)28-2)23-20(26)25-6-5-14-12-21-19(22-17(14)13-25)24-7-9-29-10-8-24/h3-4,11-12H,5-10,13H2,1-2H3,(H,23,26). The predicted octanol–water partition coefficient (Wildman–Crippen LogP) is 1.92. The van der Waals surface area contributed by atoms with Crippen molar-refractivity contribution in [3.05, 3.63) is 35.7 Å². The van der Waals surface area contributed by atoms with E-state index in [2.05, 4.69) is 15.2 Å². The van der Waals surface area contributed by atoms with Gasteiger partial charge in [-0.25, -0.2) is 14.8 Å². The number of benzene rings is 1. The average molecular weight is 399 g/mol. The number of hydrogen-bond donors (Lipinski definition) is 1. The first-order valence-corrected chi connectivity index (χ1v) is 9.63. The topological polar surface area (TPSA) is 89.1 Å². The van der Waals surface area contributed by atoms with Crippen LogP contribution in [0.3, 0.4) is 0 Å². The van der Waals surface area contributed by atoms with Crippen LogP contribution in [0.15, 0.2) is 24.4 Å². The lowest BCUT2D eigenvalue weighted by Gasteiger charge is -2.31. The first kappa shape index (κ1) is 19.3. The summed E-state index contributed by atoms with van der Waals surface area (Å²) in [5, 5.41) is 2.93. The van der Waals surface area contributed by atoms with E-state index in [1.54, 1.807) is 37.3 Å². The van der Waals surface area contributed by atoms with E-state index in [4.69, 9.17) is 19.2 Å². The van der Waals surface area contributed by atoms with Crippen LogP contribution in [0.4, 0.5) is 16.4 Å². The Morgan fingerprint density at radius 1 is 1.17 bits per heavy atom. The largest absolute Gasteiger partial charge is 0.497 e. The fourth-order valence-corrected chi connectivity index (χ4v) is 3.48. The molecule has 1 fully saturated rings. The van der Waals surface area contributed by atoms with E-state index in [9.17, 15) is 4.79 Å². The van der Waals surface area contributed by atoms with E-state index in [0.29, 0.717) is 49.4 Å². The number of nitrogens with one attached hydrogen (secondary N) is 1. The molecule has 2 amide bonds. The molecule has 3 heterocycles. The first-order chi connectivity index (χ1) is 14.2. The summed E-state index contributed by atoms with van der Waals surface area (Å²) in [6.07, 6.45) is 2.61. The van der Waals surface area contributed by atoms with Crippen molar-refractivity contribution in [2.45, 2.75) is 13.0 Å². The first-order valence-electron chi connectivity index (χ1n) is 9.63. The zero-order valence-corrected chi connectivity index (χ0v) is 16.7. The number of fused-ring (bicyclic) bond motifs is 1. The molecule has 0 aliphatic carbocycles. The minimum absolute atomic E-state index is 0.189. The van der Waals surface area contributed by atoms with Crippen LogP contribution >= 0.6 is 0 Å². The molecule has 2 aliphatic rings. The number of urea groups is 1. The molecule has 154 valence electrons. The molecule has 9 heteroatoms. The third-order valence-corrected chi connectivity index (χ3v) is 5.16. The van der Waals surface area contributed by atoms with E-state index in [-0.39, 0.29) is 6.03 Å². The highest BCUT2D eigenvalue weighted by molar-refractivity contribution is 5.91. The second-order valence-electron chi connectivity index (χ2n) is 6.91. The Morgan fingerprint density at radius 2 is 2.00 bits per heavy atom. The molecule has 0 saturated carbocycles. The molecule has 0 unspecified atom stereocenters. The number of aromatic nitrogens is 2. The van der Waals surface area contributed by atoms with Crippen LogP contribution in [0.1, 0.15) is 11.3 Å². The van der Waals surface area contributed by atoms with E-state index in [1.807, 2.05) is 6.20 Å². The summed E-state index contributed by atoms with van der Waals surface area (Å²) in [5.74, 6) is 1.91. The number of amides is 2. The monoisotopic (exact) mass is 399 g/mol. The van der Waals surface area contributed by atoms with Gasteiger partial charge in [0.15, 0.2) is 0 Å². The molecule has 2 aliphatic heterocycles. The second kappa shape index (κ2) is 8.52. The van der Waals surface area contributed by atoms with Crippen LogP contribution in [-0.2, 0) is 17.7 Å². The van der Waals surface area contributed by atoms with Gasteiger partial charge in [-0.15, -0.1) is 0 Å². The lowest BCUT2D eigenvalue weighted by atomic mass is 10.1. The van der Waals surface area contributed by atoms with Gasteiger partial charge in [0, 0.05) is 31.9 Å². The van der Waals surface area contributed by atoms with Crippen molar-refractivity contribution >= 4 is 17.7 Å². The number of anilines is 2. The third-order valence-electron chi connectivity index (χ3n) is 5.16. The maximum Gasteiger partial charge on any atom is 0.322 e. The van der Waals surface area contributed by atoms with Crippen molar-refractivity contribution in [3.8, 4) is 11.5 Å². The van der Waals surface area contributed by atoms with Gasteiger partial charge in [0.05, 0.1) is 45.4 Å². The molecule has 0 atom stereocenters. The Labute approximate surface area is 169 Å². The number of hydrogen-bond acceptors (Lipinski definition) is 7. The predicted molar refractivity (Wildman–Crippen MR) is 108 cm³/mol. The Kier molecular flexibility index (Phi) is 5.66. The van der Waals surface area contributed by atoms with E-state index >= 15 is 0 Å². The zero-order chi connectivity index (χ0) is 20.2. The number of nitrogens with zero attached hydrogens (tertiary/aromatic N) is 4. The highest BCUT2D eigenvalue weighted by Gasteiger charge is 2.24. The molecule has 4 rings (SSSR count). The Bertz CT molecular complexity index is 885. The zero-order valence-electron chi connectivity index (χ0n) is 16.7. The second-order valence-corrected chi connectivity index (χ2v) is 6.91. The highest BCUT2D eigenvalue weighted by atomic mass is 16.5. The van der Waals surface area contributed by atoms with Crippen LogP contribution in [0.25, 0.3) is 0 Å². The normalized spacial score (nSPS) is 16.2. The van der Waals surface area contributed by atoms with Crippen LogP contribution in [-0.4, -0.2) is 68.0 Å². The van der Waals surface area contributed by atoms with Gasteiger partial charge in [0.1, 0.15) is 11.5 Å². The molecule has 9 nitrogen and oxygen atoms in total. The molecule has 2 aromatic rings. The minimum Gasteiger partial charge on any atom is -0.497 e. The fraction of sp³-hybridized carbons (Fsp3) is 0.450. The molecule has 0 bridgehead atoms. The van der Waals surface area contributed by atoms with E-state index in [0.717, 1.165) is 30.8 Å². The SMILES string of the molecule is COc1ccc(NC(=O)N2CCc3cnc(N4CCOCC4)nc3C2)c(OC)c1. The number of morpholine rings is 1. The number of carbonyl (C=O) groups excluding carboxylic acids is 1. The Balaban J connectivity index is 1.47. The molecule has 0 spiro atoms. The summed E-state index contributed by atoms with van der Waals surface area (Å²) in [6, 6.07) is 5.10. The van der Waals surface area contributed by atoms with Gasteiger partial charge >= 0.3 is 6.03 Å². The quantitative estimate of drug-likeness (QED) is 0.840. The summed E-state index contributed by atoms with van der Waals surface area (Å²) in [7, 11) is 3.15. The van der Waals surface area contributed by atoms with Crippen LogP contribution in [0.2, 0.25) is 0 Å². The molecular formula is C20H25N5O4. The minimum atomic E-state index is -0.189. The number of methoxy groups -OCH3 is 2. The Morgan fingerprint density at radius 3 is 2.76 bits per heavy atom. The molecule has 0 radical (unpaired) electrons. The molecule has 1 aromatic carbocycles. The van der Waals surface area contributed by atoms with E-state index in [1.165, 1.54) is 0 Å². The molecule has 1 N–H and O–H groups in total. The number of rotatable bonds is 4. The van der Waals surface area contributed by atoms with Crippen molar-refractivity contribution in [1.82, 2.24) is 14.9 Å². The average Bonchev–Trinajstić information content (AvgIpc) is 2.79. The van der Waals surface area contributed by atoms with Gasteiger partial charge in [-0.2, -0.15) is 0 Å². The number of ether oxygens (including phenoxy) is 3. The van der Waals surface area contributed by atoms with Gasteiger partial charge in [-0.3, -0.25) is 0 Å². The van der Waals surface area contributed by atoms with Gasteiger partial charge < -0.3 is 29.3 Å². The van der Waals surface area contributed by atoms with Crippen molar-refractivity contribution in [2.24, 2.45) is 0 Å². The highest BCUT2D eigenvalue weighted by Crippen LogP contribution is 2.29. The molecular weight excluding hydrogens is 374 g/mol. The lowest BCUT2D eigenvalue weighted by Crippen LogP contribution is -2.40. The van der Waals surface area contributed by atoms with Crippen LogP contribution in [0.5, 0.6) is 11.5 Å². The van der Waals surface area contributed by atoms with Crippen molar-refractivity contribution in [3.63, 3.8) is 0 Å². The molecule has 1 aromatic heterocycles. The van der Waals surface area contributed by atoms with Gasteiger partial charge in [0.25, 0.3) is 0 Å². The van der Waals surface area contributed by atoms with Crippen molar-refractivity contribution in [2.75, 3.05) is 57.3 Å². The third kappa shape index (κ3) is 4.19. The smallest absolute Gasteiger partial charge is 0.322 e. The van der Waals surface area contributed by atoms with Crippen molar-refractivity contribution in [1.29, 1.82) is 0 Å². The summed E-state index contributed by atoms with van der Waals surface area (Å²) < 4.78 is 16.0. The van der Waals surface area contributed by atoms with E-state index < -0.39 is 0 Å². The summed E-state index contributed by atoms with van der Waals surface area (Å²) in [4.78, 5) is 25.9.